The maximum atomic E-state index is 13.7. The topological polar surface area (TPSA) is 24.1 Å². The lowest BCUT2D eigenvalue weighted by molar-refractivity contribution is 0.628. The molecule has 0 aliphatic carbocycles. The zero-order valence-corrected chi connectivity index (χ0v) is 11.9. The Morgan fingerprint density at radius 2 is 1.65 bits per heavy atom. The summed E-state index contributed by atoms with van der Waals surface area (Å²) in [6, 6.07) is 9.16. The number of anilines is 2. The SMILES string of the molecule is Cc1ccc(NC(=S)Nc2cc(F)ccc2C)c(F)c1. The van der Waals surface area contributed by atoms with Gasteiger partial charge in [-0.15, -0.1) is 0 Å². The highest BCUT2D eigenvalue weighted by molar-refractivity contribution is 7.80. The minimum Gasteiger partial charge on any atom is -0.332 e. The van der Waals surface area contributed by atoms with Gasteiger partial charge in [0.2, 0.25) is 0 Å². The molecule has 0 atom stereocenters. The molecule has 104 valence electrons. The Kier molecular flexibility index (Phi) is 4.29. The van der Waals surface area contributed by atoms with Crippen LogP contribution >= 0.6 is 12.2 Å². The van der Waals surface area contributed by atoms with Crippen molar-refractivity contribution in [1.29, 1.82) is 0 Å². The summed E-state index contributed by atoms with van der Waals surface area (Å²) in [5, 5.41) is 5.82. The van der Waals surface area contributed by atoms with Crippen LogP contribution in [-0.2, 0) is 0 Å². The summed E-state index contributed by atoms with van der Waals surface area (Å²) >= 11 is 5.10. The molecule has 0 fully saturated rings. The van der Waals surface area contributed by atoms with E-state index < -0.39 is 0 Å². The predicted molar refractivity (Wildman–Crippen MR) is 82.1 cm³/mol. The molecule has 0 heterocycles. The minimum atomic E-state index is -0.384. The first-order chi connectivity index (χ1) is 9.45. The lowest BCUT2D eigenvalue weighted by Crippen LogP contribution is -2.20. The molecular formula is C15H14F2N2S. The van der Waals surface area contributed by atoms with Crippen molar-refractivity contribution in [3.8, 4) is 0 Å². The van der Waals surface area contributed by atoms with Crippen molar-refractivity contribution in [1.82, 2.24) is 0 Å². The van der Waals surface area contributed by atoms with Gasteiger partial charge in [-0.25, -0.2) is 8.78 Å². The lowest BCUT2D eigenvalue weighted by Gasteiger charge is -2.13. The third kappa shape index (κ3) is 3.51. The van der Waals surface area contributed by atoms with Crippen molar-refractivity contribution in [2.24, 2.45) is 0 Å². The number of halogens is 2. The molecular weight excluding hydrogens is 278 g/mol. The van der Waals surface area contributed by atoms with Crippen molar-refractivity contribution < 1.29 is 8.78 Å². The third-order valence-corrected chi connectivity index (χ3v) is 3.02. The molecule has 0 spiro atoms. The fraction of sp³-hybridized carbons (Fsp3) is 0.133. The molecule has 0 unspecified atom stereocenters. The number of aryl methyl sites for hydroxylation is 2. The molecule has 0 aliphatic heterocycles. The summed E-state index contributed by atoms with van der Waals surface area (Å²) in [5.41, 5.74) is 2.50. The van der Waals surface area contributed by atoms with Crippen LogP contribution < -0.4 is 10.6 Å². The summed E-state index contributed by atoms with van der Waals surface area (Å²) in [5.74, 6) is -0.743. The molecule has 0 bridgehead atoms. The maximum Gasteiger partial charge on any atom is 0.175 e. The van der Waals surface area contributed by atoms with E-state index >= 15 is 0 Å². The van der Waals surface area contributed by atoms with Gasteiger partial charge in [0.1, 0.15) is 11.6 Å². The van der Waals surface area contributed by atoms with E-state index in [1.54, 1.807) is 25.1 Å². The van der Waals surface area contributed by atoms with Crippen LogP contribution in [0.25, 0.3) is 0 Å². The van der Waals surface area contributed by atoms with Crippen LogP contribution in [0.15, 0.2) is 36.4 Å². The van der Waals surface area contributed by atoms with Crippen molar-refractivity contribution in [3.63, 3.8) is 0 Å². The van der Waals surface area contributed by atoms with Crippen LogP contribution in [0.5, 0.6) is 0 Å². The van der Waals surface area contributed by atoms with Gasteiger partial charge >= 0.3 is 0 Å². The second kappa shape index (κ2) is 5.96. The van der Waals surface area contributed by atoms with Gasteiger partial charge in [-0.1, -0.05) is 12.1 Å². The number of rotatable bonds is 2. The first-order valence-corrected chi connectivity index (χ1v) is 6.47. The largest absolute Gasteiger partial charge is 0.332 e. The Balaban J connectivity index is 2.11. The Morgan fingerprint density at radius 1 is 0.950 bits per heavy atom. The molecule has 2 nitrogen and oxygen atoms in total. The fourth-order valence-corrected chi connectivity index (χ4v) is 1.95. The van der Waals surface area contributed by atoms with Gasteiger partial charge in [-0.2, -0.15) is 0 Å². The van der Waals surface area contributed by atoms with Gasteiger partial charge in [0.05, 0.1) is 5.69 Å². The second-order valence-electron chi connectivity index (χ2n) is 4.52. The van der Waals surface area contributed by atoms with E-state index in [0.29, 0.717) is 5.69 Å². The van der Waals surface area contributed by atoms with Crippen molar-refractivity contribution in [2.75, 3.05) is 10.6 Å². The monoisotopic (exact) mass is 292 g/mol. The van der Waals surface area contributed by atoms with Crippen LogP contribution in [0.4, 0.5) is 20.2 Å². The molecule has 0 aliphatic rings. The van der Waals surface area contributed by atoms with Gasteiger partial charge in [-0.3, -0.25) is 0 Å². The van der Waals surface area contributed by atoms with Gasteiger partial charge in [-0.05, 0) is 61.5 Å². The van der Waals surface area contributed by atoms with E-state index in [1.807, 2.05) is 6.92 Å². The van der Waals surface area contributed by atoms with Crippen LogP contribution in [0.1, 0.15) is 11.1 Å². The maximum absolute atomic E-state index is 13.7. The van der Waals surface area contributed by atoms with E-state index in [9.17, 15) is 8.78 Å². The molecule has 0 amide bonds. The summed E-state index contributed by atoms with van der Waals surface area (Å²) in [7, 11) is 0. The zero-order valence-electron chi connectivity index (χ0n) is 11.1. The lowest BCUT2D eigenvalue weighted by atomic mass is 10.2. The summed E-state index contributed by atoms with van der Waals surface area (Å²) in [6.07, 6.45) is 0. The highest BCUT2D eigenvalue weighted by Gasteiger charge is 2.06. The average Bonchev–Trinajstić information content (AvgIpc) is 2.37. The van der Waals surface area contributed by atoms with Crippen LogP contribution in [0.3, 0.4) is 0 Å². The molecule has 0 aromatic heterocycles. The first-order valence-electron chi connectivity index (χ1n) is 6.06. The minimum absolute atomic E-state index is 0.210. The summed E-state index contributed by atoms with van der Waals surface area (Å²) < 4.78 is 26.9. The number of thiocarbonyl (C=S) groups is 1. The summed E-state index contributed by atoms with van der Waals surface area (Å²) in [6.45, 7) is 3.64. The van der Waals surface area contributed by atoms with E-state index in [4.69, 9.17) is 12.2 Å². The van der Waals surface area contributed by atoms with E-state index in [0.717, 1.165) is 11.1 Å². The van der Waals surface area contributed by atoms with Crippen molar-refractivity contribution in [2.45, 2.75) is 13.8 Å². The number of benzene rings is 2. The highest BCUT2D eigenvalue weighted by Crippen LogP contribution is 2.18. The summed E-state index contributed by atoms with van der Waals surface area (Å²) in [4.78, 5) is 0. The second-order valence-corrected chi connectivity index (χ2v) is 4.93. The smallest absolute Gasteiger partial charge is 0.175 e. The Morgan fingerprint density at radius 3 is 2.35 bits per heavy atom. The first kappa shape index (κ1) is 14.4. The fourth-order valence-electron chi connectivity index (χ4n) is 1.73. The molecule has 0 radical (unpaired) electrons. The molecule has 2 aromatic rings. The normalized spacial score (nSPS) is 10.2. The number of nitrogens with one attached hydrogen (secondary N) is 2. The molecule has 20 heavy (non-hydrogen) atoms. The van der Waals surface area contributed by atoms with Crippen LogP contribution in [0.2, 0.25) is 0 Å². The van der Waals surface area contributed by atoms with E-state index in [2.05, 4.69) is 10.6 Å². The standard InChI is InChI=1S/C15H14F2N2S/c1-9-3-6-13(12(17)7-9)18-15(20)19-14-8-11(16)5-4-10(14)2/h3-8H,1-2H3,(H2,18,19,20). The van der Waals surface area contributed by atoms with Crippen LogP contribution in [0, 0.1) is 25.5 Å². The number of hydrogen-bond acceptors (Lipinski definition) is 1. The van der Waals surface area contributed by atoms with Gasteiger partial charge in [0.15, 0.2) is 5.11 Å². The van der Waals surface area contributed by atoms with Crippen molar-refractivity contribution >= 4 is 28.7 Å². The highest BCUT2D eigenvalue weighted by atomic mass is 32.1. The molecule has 0 saturated carbocycles. The van der Waals surface area contributed by atoms with E-state index in [1.165, 1.54) is 18.2 Å². The molecule has 0 saturated heterocycles. The Labute approximate surface area is 121 Å². The van der Waals surface area contributed by atoms with Gasteiger partial charge in [0.25, 0.3) is 0 Å². The van der Waals surface area contributed by atoms with Crippen molar-refractivity contribution in [3.05, 3.63) is 59.2 Å². The quantitative estimate of drug-likeness (QED) is 0.803. The molecule has 2 aromatic carbocycles. The Hall–Kier alpha value is -2.01. The van der Waals surface area contributed by atoms with Gasteiger partial charge in [0, 0.05) is 5.69 Å². The number of hydrogen-bond donors (Lipinski definition) is 2. The van der Waals surface area contributed by atoms with Crippen LogP contribution in [-0.4, -0.2) is 5.11 Å². The Bertz CT molecular complexity index is 656. The molecule has 2 N–H and O–H groups in total. The van der Waals surface area contributed by atoms with E-state index in [-0.39, 0.29) is 22.4 Å². The van der Waals surface area contributed by atoms with Gasteiger partial charge < -0.3 is 10.6 Å². The zero-order chi connectivity index (χ0) is 14.7. The molecule has 5 heteroatoms. The average molecular weight is 292 g/mol. The predicted octanol–water partition coefficient (Wildman–Crippen LogP) is 4.39. The third-order valence-electron chi connectivity index (χ3n) is 2.82. The molecule has 2 rings (SSSR count).